The lowest BCUT2D eigenvalue weighted by Crippen LogP contribution is -2.45. The first-order valence-corrected chi connectivity index (χ1v) is 8.60. The van der Waals surface area contributed by atoms with Crippen LogP contribution in [0.3, 0.4) is 0 Å². The molecule has 1 heterocycles. The van der Waals surface area contributed by atoms with Crippen LogP contribution in [-0.4, -0.2) is 43.4 Å². The third-order valence-electron chi connectivity index (χ3n) is 4.00. The fraction of sp³-hybridized carbons (Fsp3) is 0.474. The number of nitrogens with one attached hydrogen (secondary N) is 1. The molecule has 1 aromatic rings. The van der Waals surface area contributed by atoms with Crippen LogP contribution in [0, 0.1) is 11.3 Å². The summed E-state index contributed by atoms with van der Waals surface area (Å²) in [6, 6.07) is 6.83. The van der Waals surface area contributed by atoms with Crippen LogP contribution in [-0.2, 0) is 14.3 Å². The molecule has 0 saturated heterocycles. The van der Waals surface area contributed by atoms with Crippen LogP contribution in [0.1, 0.15) is 37.4 Å². The number of rotatable bonds is 9. The maximum absolute atomic E-state index is 10.5. The van der Waals surface area contributed by atoms with E-state index in [0.717, 1.165) is 11.8 Å². The lowest BCUT2D eigenvalue weighted by molar-refractivity contribution is -0.108. The molecule has 26 heavy (non-hydrogen) atoms. The number of aldehydes is 1. The number of benzene rings is 1. The molecule has 0 spiro atoms. The van der Waals surface area contributed by atoms with Gasteiger partial charge in [0, 0.05) is 12.0 Å². The van der Waals surface area contributed by atoms with Gasteiger partial charge < -0.3 is 29.4 Å². The Morgan fingerprint density at radius 3 is 3.00 bits per heavy atom. The van der Waals surface area contributed by atoms with Crippen LogP contribution in [0.5, 0.6) is 5.75 Å². The number of carbonyl (C=O) groups is 1. The van der Waals surface area contributed by atoms with Gasteiger partial charge in [0.1, 0.15) is 36.3 Å². The number of nitriles is 1. The normalized spacial score (nSPS) is 21.9. The molecule has 2 rings (SSSR count). The van der Waals surface area contributed by atoms with E-state index in [4.69, 9.17) is 19.5 Å². The Kier molecular flexibility index (Phi) is 7.45. The predicted molar refractivity (Wildman–Crippen MR) is 94.3 cm³/mol. The van der Waals surface area contributed by atoms with E-state index in [1.165, 1.54) is 6.26 Å². The van der Waals surface area contributed by atoms with Gasteiger partial charge in [0.25, 0.3) is 0 Å². The van der Waals surface area contributed by atoms with Crippen LogP contribution in [0.15, 0.2) is 30.2 Å². The molecule has 1 aliphatic heterocycles. The molecule has 1 aromatic carbocycles. The monoisotopic (exact) mass is 360 g/mol. The molecule has 1 aliphatic rings. The van der Waals surface area contributed by atoms with Crippen molar-refractivity contribution in [2.45, 2.75) is 38.5 Å². The van der Waals surface area contributed by atoms with Gasteiger partial charge in [0.15, 0.2) is 0 Å². The second-order valence-electron chi connectivity index (χ2n) is 5.88. The summed E-state index contributed by atoms with van der Waals surface area (Å²) in [7, 11) is 0. The molecule has 0 radical (unpaired) electrons. The topological polar surface area (TPSA) is 101 Å². The average molecular weight is 360 g/mol. The van der Waals surface area contributed by atoms with Gasteiger partial charge in [-0.3, -0.25) is 0 Å². The molecule has 0 saturated carbocycles. The van der Waals surface area contributed by atoms with E-state index < -0.39 is 18.2 Å². The number of hydrogen-bond donors (Lipinski definition) is 2. The zero-order valence-corrected chi connectivity index (χ0v) is 15.0. The molecule has 3 atom stereocenters. The zero-order valence-electron chi connectivity index (χ0n) is 15.0. The van der Waals surface area contributed by atoms with E-state index >= 15 is 0 Å². The number of carbonyl (C=O) groups excluding carboxylic acids is 1. The van der Waals surface area contributed by atoms with E-state index in [1.54, 1.807) is 25.1 Å². The van der Waals surface area contributed by atoms with Gasteiger partial charge in [-0.15, -0.1) is 0 Å². The summed E-state index contributed by atoms with van der Waals surface area (Å²) in [6.07, 6.45) is 1.40. The molecule has 140 valence electrons. The fourth-order valence-electron chi connectivity index (χ4n) is 2.71. The van der Waals surface area contributed by atoms with Crippen LogP contribution >= 0.6 is 0 Å². The molecule has 0 aliphatic carbocycles. The second-order valence-corrected chi connectivity index (χ2v) is 5.88. The van der Waals surface area contributed by atoms with Crippen molar-refractivity contribution in [1.29, 1.82) is 5.26 Å². The first-order valence-electron chi connectivity index (χ1n) is 8.60. The van der Waals surface area contributed by atoms with Crippen molar-refractivity contribution in [2.24, 2.45) is 0 Å². The van der Waals surface area contributed by atoms with Gasteiger partial charge >= 0.3 is 0 Å². The molecule has 2 N–H and O–H groups in total. The van der Waals surface area contributed by atoms with Crippen molar-refractivity contribution >= 4 is 6.29 Å². The Bertz CT molecular complexity index is 683. The highest BCUT2D eigenvalue weighted by Crippen LogP contribution is 2.35. The van der Waals surface area contributed by atoms with Gasteiger partial charge in [-0.05, 0) is 32.0 Å². The van der Waals surface area contributed by atoms with Crippen molar-refractivity contribution in [3.63, 3.8) is 0 Å². The molecular weight excluding hydrogens is 336 g/mol. The molecule has 0 amide bonds. The summed E-state index contributed by atoms with van der Waals surface area (Å²) in [5.74, 6) is 1.20. The SMILES string of the molecule is CCO/C(=C\OCCC=O)CNC1c2cc(C#N)ccc2OC(C)C1O. The Morgan fingerprint density at radius 2 is 2.31 bits per heavy atom. The number of hydrogen-bond acceptors (Lipinski definition) is 7. The minimum absolute atomic E-state index is 0.283. The molecular formula is C19H24N2O5. The van der Waals surface area contributed by atoms with Crippen molar-refractivity contribution in [1.82, 2.24) is 5.32 Å². The van der Waals surface area contributed by atoms with E-state index in [2.05, 4.69) is 11.4 Å². The van der Waals surface area contributed by atoms with Gasteiger partial charge in [-0.1, -0.05) is 0 Å². The molecule has 0 aromatic heterocycles. The number of aliphatic hydroxyl groups is 1. The number of fused-ring (bicyclic) bond motifs is 1. The largest absolute Gasteiger partial charge is 0.497 e. The summed E-state index contributed by atoms with van der Waals surface area (Å²) in [4.78, 5) is 10.3. The van der Waals surface area contributed by atoms with E-state index in [0.29, 0.717) is 36.6 Å². The third kappa shape index (κ3) is 4.97. The summed E-state index contributed by atoms with van der Waals surface area (Å²) in [5.41, 5.74) is 1.23. The Labute approximate surface area is 153 Å². The lowest BCUT2D eigenvalue weighted by atomic mass is 9.93. The maximum Gasteiger partial charge on any atom is 0.144 e. The zero-order chi connectivity index (χ0) is 18.9. The van der Waals surface area contributed by atoms with Crippen molar-refractivity contribution < 1.29 is 24.1 Å². The Balaban J connectivity index is 2.13. The highest BCUT2D eigenvalue weighted by Gasteiger charge is 2.34. The van der Waals surface area contributed by atoms with Crippen LogP contribution in [0.4, 0.5) is 0 Å². The number of nitrogens with zero attached hydrogens (tertiary/aromatic N) is 1. The molecule has 7 heteroatoms. The highest BCUT2D eigenvalue weighted by molar-refractivity contribution is 5.49. The minimum Gasteiger partial charge on any atom is -0.497 e. The standard InChI is InChI=1S/C19H24N2O5/c1-3-25-15(12-24-8-4-7-22)11-21-18-16-9-14(10-20)5-6-17(16)26-13(2)19(18)23/h5-7,9,12-13,18-19,21,23H,3-4,8,11H2,1-2H3/b15-12-. The molecule has 3 unspecified atom stereocenters. The van der Waals surface area contributed by atoms with Gasteiger partial charge in [-0.2, -0.15) is 5.26 Å². The second kappa shape index (κ2) is 9.80. The van der Waals surface area contributed by atoms with Crippen molar-refractivity contribution in [3.05, 3.63) is 41.3 Å². The fourth-order valence-corrected chi connectivity index (χ4v) is 2.71. The Morgan fingerprint density at radius 1 is 1.50 bits per heavy atom. The van der Waals surface area contributed by atoms with Crippen LogP contribution in [0.2, 0.25) is 0 Å². The number of ether oxygens (including phenoxy) is 3. The molecule has 0 fully saturated rings. The summed E-state index contributed by atoms with van der Waals surface area (Å²) in [6.45, 7) is 4.72. The third-order valence-corrected chi connectivity index (χ3v) is 4.00. The van der Waals surface area contributed by atoms with E-state index in [1.807, 2.05) is 6.92 Å². The summed E-state index contributed by atoms with van der Waals surface area (Å²) >= 11 is 0. The molecule has 0 bridgehead atoms. The highest BCUT2D eigenvalue weighted by atomic mass is 16.5. The quantitative estimate of drug-likeness (QED) is 0.393. The number of aliphatic hydroxyl groups excluding tert-OH is 1. The van der Waals surface area contributed by atoms with Crippen molar-refractivity contribution in [2.75, 3.05) is 19.8 Å². The average Bonchev–Trinajstić information content (AvgIpc) is 2.65. The Hall–Kier alpha value is -2.56. The van der Waals surface area contributed by atoms with Crippen LogP contribution in [0.25, 0.3) is 0 Å². The van der Waals surface area contributed by atoms with Gasteiger partial charge in [0.2, 0.25) is 0 Å². The summed E-state index contributed by atoms with van der Waals surface area (Å²) in [5, 5.41) is 22.9. The van der Waals surface area contributed by atoms with E-state index in [9.17, 15) is 9.90 Å². The lowest BCUT2D eigenvalue weighted by Gasteiger charge is -2.36. The van der Waals surface area contributed by atoms with E-state index in [-0.39, 0.29) is 6.61 Å². The van der Waals surface area contributed by atoms with Gasteiger partial charge in [-0.25, -0.2) is 0 Å². The predicted octanol–water partition coefficient (Wildman–Crippen LogP) is 1.81. The van der Waals surface area contributed by atoms with Crippen molar-refractivity contribution in [3.8, 4) is 11.8 Å². The summed E-state index contributed by atoms with van der Waals surface area (Å²) < 4.78 is 16.5. The van der Waals surface area contributed by atoms with Crippen LogP contribution < -0.4 is 10.1 Å². The first kappa shape index (κ1) is 19.8. The molecule has 7 nitrogen and oxygen atoms in total. The smallest absolute Gasteiger partial charge is 0.144 e. The first-order chi connectivity index (χ1) is 12.6. The van der Waals surface area contributed by atoms with Gasteiger partial charge in [0.05, 0.1) is 37.4 Å². The minimum atomic E-state index is -0.782. The maximum atomic E-state index is 10.5.